The Morgan fingerprint density at radius 1 is 1.41 bits per heavy atom. The van der Waals surface area contributed by atoms with Crippen LogP contribution in [0.5, 0.6) is 0 Å². The molecule has 0 saturated carbocycles. The van der Waals surface area contributed by atoms with Crippen LogP contribution in [-0.4, -0.2) is 49.2 Å². The Morgan fingerprint density at radius 3 is 2.65 bits per heavy atom. The summed E-state index contributed by atoms with van der Waals surface area (Å²) in [7, 11) is 1.36. The van der Waals surface area contributed by atoms with E-state index in [1.807, 2.05) is 18.7 Å². The molecule has 1 saturated heterocycles. The van der Waals surface area contributed by atoms with E-state index in [1.54, 1.807) is 0 Å². The number of hydrogen-bond donors (Lipinski definition) is 0. The van der Waals surface area contributed by atoms with Crippen LogP contribution in [0.25, 0.3) is 0 Å². The van der Waals surface area contributed by atoms with Gasteiger partial charge >= 0.3 is 11.9 Å². The first-order valence-corrected chi connectivity index (χ1v) is 6.15. The van der Waals surface area contributed by atoms with Crippen molar-refractivity contribution in [2.45, 2.75) is 45.2 Å². The first kappa shape index (κ1) is 14.0. The van der Waals surface area contributed by atoms with Gasteiger partial charge in [0, 0.05) is 6.54 Å². The lowest BCUT2D eigenvalue weighted by Gasteiger charge is -2.14. The molecule has 0 aliphatic carbocycles. The van der Waals surface area contributed by atoms with E-state index >= 15 is 0 Å². The van der Waals surface area contributed by atoms with E-state index in [2.05, 4.69) is 0 Å². The van der Waals surface area contributed by atoms with Gasteiger partial charge in [0.1, 0.15) is 12.1 Å². The summed E-state index contributed by atoms with van der Waals surface area (Å²) < 4.78 is 9.81. The molecule has 1 heterocycles. The Morgan fingerprint density at radius 2 is 2.12 bits per heavy atom. The molecule has 1 unspecified atom stereocenters. The van der Waals surface area contributed by atoms with Gasteiger partial charge in [0.15, 0.2) is 0 Å². The van der Waals surface area contributed by atoms with E-state index in [0.717, 1.165) is 12.8 Å². The summed E-state index contributed by atoms with van der Waals surface area (Å²) in [5, 5.41) is 0. The highest BCUT2D eigenvalue weighted by Gasteiger charge is 2.48. The number of carbonyl (C=O) groups excluding carboxylic acids is 2. The zero-order chi connectivity index (χ0) is 12.8. The van der Waals surface area contributed by atoms with Crippen molar-refractivity contribution >= 4 is 11.9 Å². The van der Waals surface area contributed by atoms with Gasteiger partial charge in [-0.3, -0.25) is 14.5 Å². The van der Waals surface area contributed by atoms with Crippen LogP contribution in [0.3, 0.4) is 0 Å². The number of carbonyl (C=O) groups is 2. The van der Waals surface area contributed by atoms with Crippen molar-refractivity contribution in [2.75, 3.05) is 20.3 Å². The topological polar surface area (TPSA) is 55.6 Å². The minimum absolute atomic E-state index is 0.221. The third-order valence-corrected chi connectivity index (χ3v) is 2.93. The zero-order valence-corrected chi connectivity index (χ0v) is 10.8. The van der Waals surface area contributed by atoms with E-state index in [4.69, 9.17) is 9.47 Å². The quantitative estimate of drug-likeness (QED) is 0.379. The third-order valence-electron chi connectivity index (χ3n) is 2.93. The number of nitrogens with zero attached hydrogens (tertiary/aromatic N) is 1. The average Bonchev–Trinajstić information content (AvgIpc) is 3.10. The number of ether oxygens (including phenoxy) is 2. The summed E-state index contributed by atoms with van der Waals surface area (Å²) in [6, 6.07) is -0.570. The molecule has 5 heteroatoms. The Labute approximate surface area is 102 Å². The van der Waals surface area contributed by atoms with Gasteiger partial charge in [-0.05, 0) is 12.8 Å². The molecule has 0 aromatic carbocycles. The summed E-state index contributed by atoms with van der Waals surface area (Å²) in [6.45, 7) is 5.01. The standard InChI is InChI=1S/C12H21NO4/c1-4-6-7-17-12(15)10-8-13(10)9(5-2)11(14)16-3/h9-10H,4-8H2,1-3H3/t9-,10-,13?/m0/s1. The number of esters is 2. The molecule has 98 valence electrons. The molecule has 0 amide bonds. The SMILES string of the molecule is CCCCOC(=O)[C@@H]1CN1[C@@H](CC)C(=O)OC. The number of hydrogen-bond acceptors (Lipinski definition) is 5. The fourth-order valence-electron chi connectivity index (χ4n) is 1.79. The largest absolute Gasteiger partial charge is 0.468 e. The normalized spacial score (nSPS) is 23.9. The van der Waals surface area contributed by atoms with Crippen LogP contribution in [0.2, 0.25) is 0 Å². The Balaban J connectivity index is 2.35. The Kier molecular flexibility index (Phi) is 5.41. The van der Waals surface area contributed by atoms with Crippen molar-refractivity contribution in [3.05, 3.63) is 0 Å². The molecular weight excluding hydrogens is 222 g/mol. The number of rotatable bonds is 7. The van der Waals surface area contributed by atoms with Crippen LogP contribution in [0, 0.1) is 0 Å². The van der Waals surface area contributed by atoms with Crippen LogP contribution >= 0.6 is 0 Å². The minimum Gasteiger partial charge on any atom is -0.468 e. The van der Waals surface area contributed by atoms with Crippen LogP contribution in [0.15, 0.2) is 0 Å². The minimum atomic E-state index is -0.316. The maximum atomic E-state index is 11.6. The highest BCUT2D eigenvalue weighted by atomic mass is 16.5. The molecule has 0 spiro atoms. The predicted molar refractivity (Wildman–Crippen MR) is 62.5 cm³/mol. The molecule has 0 bridgehead atoms. The second-order valence-electron chi connectivity index (χ2n) is 4.18. The number of unbranched alkanes of at least 4 members (excludes halogenated alkanes) is 1. The van der Waals surface area contributed by atoms with E-state index in [0.29, 0.717) is 19.6 Å². The van der Waals surface area contributed by atoms with E-state index in [9.17, 15) is 9.59 Å². The second-order valence-corrected chi connectivity index (χ2v) is 4.18. The summed E-state index contributed by atoms with van der Waals surface area (Å²) in [5.74, 6) is -0.503. The van der Waals surface area contributed by atoms with Gasteiger partial charge in [-0.15, -0.1) is 0 Å². The molecule has 1 fully saturated rings. The zero-order valence-electron chi connectivity index (χ0n) is 10.8. The van der Waals surface area contributed by atoms with Gasteiger partial charge in [-0.25, -0.2) is 0 Å². The fraction of sp³-hybridized carbons (Fsp3) is 0.833. The lowest BCUT2D eigenvalue weighted by Crippen LogP contribution is -2.32. The van der Waals surface area contributed by atoms with E-state index in [-0.39, 0.29) is 24.0 Å². The molecular formula is C12H21NO4. The molecule has 1 rings (SSSR count). The second kappa shape index (κ2) is 6.59. The van der Waals surface area contributed by atoms with Crippen molar-refractivity contribution in [3.63, 3.8) is 0 Å². The van der Waals surface area contributed by atoms with Crippen molar-refractivity contribution in [2.24, 2.45) is 0 Å². The molecule has 3 atom stereocenters. The van der Waals surface area contributed by atoms with Gasteiger partial charge in [-0.2, -0.15) is 0 Å². The number of methoxy groups -OCH3 is 1. The molecule has 17 heavy (non-hydrogen) atoms. The van der Waals surface area contributed by atoms with Crippen LogP contribution < -0.4 is 0 Å². The monoisotopic (exact) mass is 243 g/mol. The van der Waals surface area contributed by atoms with E-state index in [1.165, 1.54) is 7.11 Å². The first-order chi connectivity index (χ1) is 8.15. The van der Waals surface area contributed by atoms with Gasteiger partial charge < -0.3 is 9.47 Å². The van der Waals surface area contributed by atoms with E-state index < -0.39 is 0 Å². The average molecular weight is 243 g/mol. The Bertz CT molecular complexity index is 280. The van der Waals surface area contributed by atoms with Crippen molar-refractivity contribution < 1.29 is 19.1 Å². The summed E-state index contributed by atoms with van der Waals surface area (Å²) in [4.78, 5) is 24.9. The van der Waals surface area contributed by atoms with Crippen LogP contribution in [-0.2, 0) is 19.1 Å². The fourth-order valence-corrected chi connectivity index (χ4v) is 1.79. The first-order valence-electron chi connectivity index (χ1n) is 6.15. The maximum absolute atomic E-state index is 11.6. The van der Waals surface area contributed by atoms with Gasteiger partial charge in [-0.1, -0.05) is 20.3 Å². The third kappa shape index (κ3) is 3.70. The summed E-state index contributed by atoms with van der Waals surface area (Å²) in [6.07, 6.45) is 2.53. The summed E-state index contributed by atoms with van der Waals surface area (Å²) in [5.41, 5.74) is 0. The molecule has 1 aliphatic heterocycles. The molecule has 0 aromatic rings. The van der Waals surface area contributed by atoms with Gasteiger partial charge in [0.25, 0.3) is 0 Å². The van der Waals surface area contributed by atoms with Crippen LogP contribution in [0.1, 0.15) is 33.1 Å². The molecule has 0 radical (unpaired) electrons. The smallest absolute Gasteiger partial charge is 0.324 e. The molecule has 0 aromatic heterocycles. The Hall–Kier alpha value is -1.10. The van der Waals surface area contributed by atoms with Crippen LogP contribution in [0.4, 0.5) is 0 Å². The van der Waals surface area contributed by atoms with Gasteiger partial charge in [0.2, 0.25) is 0 Å². The molecule has 1 aliphatic rings. The molecule has 5 nitrogen and oxygen atoms in total. The summed E-state index contributed by atoms with van der Waals surface area (Å²) >= 11 is 0. The van der Waals surface area contributed by atoms with Crippen molar-refractivity contribution in [1.82, 2.24) is 4.90 Å². The maximum Gasteiger partial charge on any atom is 0.324 e. The van der Waals surface area contributed by atoms with Crippen molar-refractivity contribution in [1.29, 1.82) is 0 Å². The van der Waals surface area contributed by atoms with Crippen molar-refractivity contribution in [3.8, 4) is 0 Å². The lowest BCUT2D eigenvalue weighted by atomic mass is 10.2. The molecule has 0 N–H and O–H groups in total. The van der Waals surface area contributed by atoms with Gasteiger partial charge in [0.05, 0.1) is 13.7 Å². The highest BCUT2D eigenvalue weighted by Crippen LogP contribution is 2.25. The lowest BCUT2D eigenvalue weighted by molar-refractivity contribution is -0.147. The highest BCUT2D eigenvalue weighted by molar-refractivity contribution is 5.82. The predicted octanol–water partition coefficient (Wildman–Crippen LogP) is 0.966.